The van der Waals surface area contributed by atoms with Crippen molar-refractivity contribution in [2.24, 2.45) is 0 Å². The van der Waals surface area contributed by atoms with Crippen LogP contribution in [-0.2, 0) is 11.2 Å². The Kier molecular flexibility index (Phi) is 5.60. The van der Waals surface area contributed by atoms with E-state index in [9.17, 15) is 4.79 Å². The van der Waals surface area contributed by atoms with Crippen molar-refractivity contribution in [3.05, 3.63) is 78.2 Å². The zero-order valence-corrected chi connectivity index (χ0v) is 15.9. The predicted octanol–water partition coefficient (Wildman–Crippen LogP) is 4.89. The van der Waals surface area contributed by atoms with E-state index in [-0.39, 0.29) is 6.04 Å². The van der Waals surface area contributed by atoms with E-state index >= 15 is 0 Å². The molecule has 5 nitrogen and oxygen atoms in total. The molecule has 1 heterocycles. The number of carbonyl (C=O) groups is 1. The molecular formula is C22H25N3O2. The van der Waals surface area contributed by atoms with Crippen LogP contribution in [0.2, 0.25) is 0 Å². The van der Waals surface area contributed by atoms with Crippen molar-refractivity contribution < 1.29 is 9.53 Å². The number of H-pyrrole nitrogens is 1. The monoisotopic (exact) mass is 363 g/mol. The summed E-state index contributed by atoms with van der Waals surface area (Å²) in [5.74, 6) is 0.698. The summed E-state index contributed by atoms with van der Waals surface area (Å²) in [6.45, 7) is 5.54. The predicted molar refractivity (Wildman–Crippen MR) is 106 cm³/mol. The Morgan fingerprint density at radius 3 is 2.33 bits per heavy atom. The highest BCUT2D eigenvalue weighted by Gasteiger charge is 2.23. The van der Waals surface area contributed by atoms with Gasteiger partial charge in [-0.15, -0.1) is 0 Å². The number of ether oxygens (including phenoxy) is 1. The van der Waals surface area contributed by atoms with Gasteiger partial charge in [0.2, 0.25) is 0 Å². The lowest BCUT2D eigenvalue weighted by atomic mass is 10.1. The molecule has 0 radical (unpaired) electrons. The maximum Gasteiger partial charge on any atom is 0.408 e. The van der Waals surface area contributed by atoms with Crippen LogP contribution < -0.4 is 5.32 Å². The first-order chi connectivity index (χ1) is 12.9. The maximum atomic E-state index is 12.3. The van der Waals surface area contributed by atoms with Crippen LogP contribution in [0.1, 0.15) is 38.2 Å². The summed E-state index contributed by atoms with van der Waals surface area (Å²) < 4.78 is 5.43. The van der Waals surface area contributed by atoms with Crippen LogP contribution in [0.4, 0.5) is 4.79 Å². The molecule has 1 atom stereocenters. The molecule has 0 spiro atoms. The molecule has 0 aliphatic heterocycles. The van der Waals surface area contributed by atoms with Crippen molar-refractivity contribution in [2.75, 3.05) is 0 Å². The second-order valence-electron chi connectivity index (χ2n) is 7.43. The van der Waals surface area contributed by atoms with Gasteiger partial charge in [-0.2, -0.15) is 0 Å². The molecule has 2 N–H and O–H groups in total. The van der Waals surface area contributed by atoms with Crippen molar-refractivity contribution in [1.29, 1.82) is 0 Å². The van der Waals surface area contributed by atoms with Gasteiger partial charge >= 0.3 is 6.09 Å². The highest BCUT2D eigenvalue weighted by molar-refractivity contribution is 5.68. The number of rotatable bonds is 5. The SMILES string of the molecule is CC(C)(C)OC(=O)N[C@@H](Cc1ccccc1)c1nc(-c2ccccc2)c[nH]1. The van der Waals surface area contributed by atoms with E-state index in [1.54, 1.807) is 0 Å². The summed E-state index contributed by atoms with van der Waals surface area (Å²) in [6.07, 6.45) is 2.02. The molecule has 5 heteroatoms. The molecule has 3 rings (SSSR count). The Hall–Kier alpha value is -3.08. The third-order valence-electron chi connectivity index (χ3n) is 3.97. The van der Waals surface area contributed by atoms with Crippen LogP contribution in [0, 0.1) is 0 Å². The molecule has 2 aromatic carbocycles. The van der Waals surface area contributed by atoms with Crippen LogP contribution in [0.5, 0.6) is 0 Å². The van der Waals surface area contributed by atoms with Gasteiger partial charge in [-0.25, -0.2) is 9.78 Å². The second-order valence-corrected chi connectivity index (χ2v) is 7.43. The number of imidazole rings is 1. The number of aromatic nitrogens is 2. The summed E-state index contributed by atoms with van der Waals surface area (Å²) in [6, 6.07) is 19.6. The Morgan fingerprint density at radius 2 is 1.70 bits per heavy atom. The largest absolute Gasteiger partial charge is 0.444 e. The van der Waals surface area contributed by atoms with Gasteiger partial charge < -0.3 is 15.0 Å². The lowest BCUT2D eigenvalue weighted by Crippen LogP contribution is -2.36. The molecule has 27 heavy (non-hydrogen) atoms. The van der Waals surface area contributed by atoms with Gasteiger partial charge in [0.05, 0.1) is 11.7 Å². The molecule has 0 fully saturated rings. The first-order valence-electron chi connectivity index (χ1n) is 9.05. The molecule has 0 saturated heterocycles. The fourth-order valence-corrected chi connectivity index (χ4v) is 2.79. The number of alkyl carbamates (subject to hydrolysis) is 1. The van der Waals surface area contributed by atoms with E-state index in [0.717, 1.165) is 16.8 Å². The third-order valence-corrected chi connectivity index (χ3v) is 3.97. The Labute approximate surface area is 159 Å². The number of nitrogens with zero attached hydrogens (tertiary/aromatic N) is 1. The Morgan fingerprint density at radius 1 is 1.07 bits per heavy atom. The molecule has 0 saturated carbocycles. The average Bonchev–Trinajstić information content (AvgIpc) is 3.11. The highest BCUT2D eigenvalue weighted by atomic mass is 16.6. The van der Waals surface area contributed by atoms with Crippen molar-refractivity contribution in [3.63, 3.8) is 0 Å². The molecule has 140 valence electrons. The number of hydrogen-bond acceptors (Lipinski definition) is 3. The van der Waals surface area contributed by atoms with Gasteiger partial charge in [-0.3, -0.25) is 0 Å². The van der Waals surface area contributed by atoms with Gasteiger partial charge in [0.1, 0.15) is 11.4 Å². The fraction of sp³-hybridized carbons (Fsp3) is 0.273. The number of nitrogens with one attached hydrogen (secondary N) is 2. The lowest BCUT2D eigenvalue weighted by molar-refractivity contribution is 0.0501. The minimum atomic E-state index is -0.556. The first kappa shape index (κ1) is 18.7. The number of amides is 1. The average molecular weight is 363 g/mol. The number of aromatic amines is 1. The Balaban J connectivity index is 1.83. The van der Waals surface area contributed by atoms with Crippen LogP contribution >= 0.6 is 0 Å². The summed E-state index contributed by atoms with van der Waals surface area (Å²) in [5.41, 5.74) is 2.42. The molecule has 0 unspecified atom stereocenters. The zero-order valence-electron chi connectivity index (χ0n) is 15.9. The molecule has 0 bridgehead atoms. The van der Waals surface area contributed by atoms with Gasteiger partial charge in [0, 0.05) is 18.2 Å². The van der Waals surface area contributed by atoms with Gasteiger partial charge in [-0.1, -0.05) is 60.7 Å². The van der Waals surface area contributed by atoms with Crippen LogP contribution in [0.3, 0.4) is 0 Å². The molecule has 3 aromatic rings. The van der Waals surface area contributed by atoms with E-state index < -0.39 is 11.7 Å². The number of hydrogen-bond donors (Lipinski definition) is 2. The molecule has 1 amide bonds. The smallest absolute Gasteiger partial charge is 0.408 e. The zero-order chi connectivity index (χ0) is 19.3. The van der Waals surface area contributed by atoms with Crippen molar-refractivity contribution in [1.82, 2.24) is 15.3 Å². The normalized spacial score (nSPS) is 12.4. The number of carbonyl (C=O) groups excluding carboxylic acids is 1. The van der Waals surface area contributed by atoms with Crippen molar-refractivity contribution >= 4 is 6.09 Å². The van der Waals surface area contributed by atoms with E-state index in [0.29, 0.717) is 12.2 Å². The van der Waals surface area contributed by atoms with Crippen molar-refractivity contribution in [3.8, 4) is 11.3 Å². The van der Waals surface area contributed by atoms with Crippen LogP contribution in [-0.4, -0.2) is 21.7 Å². The maximum absolute atomic E-state index is 12.3. The lowest BCUT2D eigenvalue weighted by Gasteiger charge is -2.23. The van der Waals surface area contributed by atoms with Crippen LogP contribution in [0.25, 0.3) is 11.3 Å². The highest BCUT2D eigenvalue weighted by Crippen LogP contribution is 2.22. The number of benzene rings is 2. The minimum Gasteiger partial charge on any atom is -0.444 e. The van der Waals surface area contributed by atoms with Gasteiger partial charge in [0.15, 0.2) is 0 Å². The van der Waals surface area contributed by atoms with E-state index in [1.165, 1.54) is 0 Å². The standard InChI is InChI=1S/C22H25N3O2/c1-22(2,3)27-21(26)25-18(14-16-10-6-4-7-11-16)20-23-15-19(24-20)17-12-8-5-9-13-17/h4-13,15,18H,14H2,1-3H3,(H,23,24)(H,25,26)/t18-/m0/s1. The summed E-state index contributed by atoms with van der Waals surface area (Å²) in [5, 5.41) is 2.95. The van der Waals surface area contributed by atoms with Crippen molar-refractivity contribution in [2.45, 2.75) is 38.8 Å². The van der Waals surface area contributed by atoms with Gasteiger partial charge in [-0.05, 0) is 26.3 Å². The molecule has 1 aromatic heterocycles. The fourth-order valence-electron chi connectivity index (χ4n) is 2.79. The van der Waals surface area contributed by atoms with Gasteiger partial charge in [0.25, 0.3) is 0 Å². The van der Waals surface area contributed by atoms with E-state index in [4.69, 9.17) is 9.72 Å². The third kappa shape index (κ3) is 5.45. The second kappa shape index (κ2) is 8.08. The molecule has 0 aliphatic carbocycles. The minimum absolute atomic E-state index is 0.320. The van der Waals surface area contributed by atoms with Crippen LogP contribution in [0.15, 0.2) is 66.9 Å². The first-order valence-corrected chi connectivity index (χ1v) is 9.05. The molecule has 0 aliphatic rings. The quantitative estimate of drug-likeness (QED) is 0.678. The van der Waals surface area contributed by atoms with E-state index in [1.807, 2.05) is 87.6 Å². The van der Waals surface area contributed by atoms with E-state index in [2.05, 4.69) is 10.3 Å². The topological polar surface area (TPSA) is 67.0 Å². The summed E-state index contributed by atoms with van der Waals surface area (Å²) in [4.78, 5) is 20.2. The summed E-state index contributed by atoms with van der Waals surface area (Å²) in [7, 11) is 0. The molecular weight excluding hydrogens is 338 g/mol. The summed E-state index contributed by atoms with van der Waals surface area (Å²) >= 11 is 0. The Bertz CT molecular complexity index is 867.